The van der Waals surface area contributed by atoms with Crippen molar-refractivity contribution in [1.29, 1.82) is 0 Å². The normalized spacial score (nSPS) is 10.7. The van der Waals surface area contributed by atoms with E-state index in [1.165, 1.54) is 6.92 Å². The van der Waals surface area contributed by atoms with E-state index in [0.29, 0.717) is 24.4 Å². The Hall–Kier alpha value is -2.66. The lowest BCUT2D eigenvalue weighted by atomic mass is 10.0. The van der Waals surface area contributed by atoms with Crippen LogP contribution in [0.25, 0.3) is 0 Å². The zero-order valence-electron chi connectivity index (χ0n) is 16.6. The van der Waals surface area contributed by atoms with E-state index in [2.05, 4.69) is 4.90 Å². The van der Waals surface area contributed by atoms with Gasteiger partial charge in [-0.2, -0.15) is 0 Å². The Bertz CT molecular complexity index is 772. The topological polar surface area (TPSA) is 49.9 Å². The second-order valence-corrected chi connectivity index (χ2v) is 6.86. The van der Waals surface area contributed by atoms with Crippen molar-refractivity contribution >= 4 is 11.7 Å². The number of methoxy groups -OCH3 is 1. The highest BCUT2D eigenvalue weighted by molar-refractivity contribution is 5.94. The monoisotopic (exact) mass is 368 g/mol. The van der Waals surface area contributed by atoms with Crippen LogP contribution < -0.4 is 4.74 Å². The molecule has 0 aliphatic carbocycles. The van der Waals surface area contributed by atoms with Gasteiger partial charge in [0.1, 0.15) is 5.75 Å². The van der Waals surface area contributed by atoms with Crippen LogP contribution in [-0.2, 0) is 17.8 Å². The van der Waals surface area contributed by atoms with Gasteiger partial charge in [0, 0.05) is 30.8 Å². The van der Waals surface area contributed by atoms with E-state index in [-0.39, 0.29) is 18.1 Å². The number of ketones is 1. The third-order valence-electron chi connectivity index (χ3n) is 4.41. The predicted molar refractivity (Wildman–Crippen MR) is 107 cm³/mol. The molecule has 1 amide bonds. The van der Waals surface area contributed by atoms with Crippen molar-refractivity contribution in [3.05, 3.63) is 65.2 Å². The van der Waals surface area contributed by atoms with Gasteiger partial charge < -0.3 is 14.5 Å². The van der Waals surface area contributed by atoms with Crippen molar-refractivity contribution in [2.45, 2.75) is 19.9 Å². The molecule has 0 unspecified atom stereocenters. The van der Waals surface area contributed by atoms with Crippen LogP contribution in [-0.4, -0.2) is 55.8 Å². The molecule has 0 heterocycles. The van der Waals surface area contributed by atoms with Crippen molar-refractivity contribution < 1.29 is 14.3 Å². The third kappa shape index (κ3) is 6.22. The second kappa shape index (κ2) is 9.88. The molecule has 2 aromatic carbocycles. The first-order valence-electron chi connectivity index (χ1n) is 9.05. The highest BCUT2D eigenvalue weighted by atomic mass is 16.5. The summed E-state index contributed by atoms with van der Waals surface area (Å²) < 4.78 is 5.39. The first-order valence-corrected chi connectivity index (χ1v) is 9.05. The molecule has 0 radical (unpaired) electrons. The lowest BCUT2D eigenvalue weighted by molar-refractivity contribution is -0.131. The van der Waals surface area contributed by atoms with Gasteiger partial charge in [-0.05, 0) is 44.8 Å². The zero-order chi connectivity index (χ0) is 19.8. The Labute approximate surface area is 161 Å². The number of carbonyl (C=O) groups excluding carboxylic acids is 2. The van der Waals surface area contributed by atoms with Crippen molar-refractivity contribution in [3.63, 3.8) is 0 Å². The molecule has 5 heteroatoms. The number of hydrogen-bond donors (Lipinski definition) is 0. The van der Waals surface area contributed by atoms with E-state index in [4.69, 9.17) is 4.74 Å². The van der Waals surface area contributed by atoms with Crippen molar-refractivity contribution in [1.82, 2.24) is 9.80 Å². The minimum Gasteiger partial charge on any atom is -0.496 e. The van der Waals surface area contributed by atoms with Crippen molar-refractivity contribution in [2.24, 2.45) is 0 Å². The largest absolute Gasteiger partial charge is 0.496 e. The number of amides is 1. The Balaban J connectivity index is 2.21. The minimum absolute atomic E-state index is 0.0136. The fraction of sp³-hybridized carbons (Fsp3) is 0.364. The smallest absolute Gasteiger partial charge is 0.227 e. The number of rotatable bonds is 9. The van der Waals surface area contributed by atoms with Gasteiger partial charge in [0.15, 0.2) is 5.78 Å². The average Bonchev–Trinajstić information content (AvgIpc) is 2.65. The second-order valence-electron chi connectivity index (χ2n) is 6.86. The number of carbonyl (C=O) groups is 2. The number of hydrogen-bond acceptors (Lipinski definition) is 4. The number of ether oxygens (including phenoxy) is 1. The molecule has 0 aromatic heterocycles. The molecule has 2 aromatic rings. The molecule has 0 spiro atoms. The first-order chi connectivity index (χ1) is 12.9. The maximum absolute atomic E-state index is 13.0. The maximum atomic E-state index is 13.0. The number of benzene rings is 2. The highest BCUT2D eigenvalue weighted by Gasteiger charge is 2.18. The molecule has 2 rings (SSSR count). The third-order valence-corrected chi connectivity index (χ3v) is 4.41. The van der Waals surface area contributed by atoms with Crippen molar-refractivity contribution in [2.75, 3.05) is 34.3 Å². The highest BCUT2D eigenvalue weighted by Crippen LogP contribution is 2.22. The lowest BCUT2D eigenvalue weighted by Crippen LogP contribution is -2.37. The summed E-state index contributed by atoms with van der Waals surface area (Å²) in [4.78, 5) is 28.7. The molecule has 0 fully saturated rings. The molecule has 5 nitrogen and oxygen atoms in total. The SMILES string of the molecule is COc1ccc(C(C)=O)cc1CC(=O)N(CCN(C)C)Cc1ccccc1. The van der Waals surface area contributed by atoms with Crippen LogP contribution in [0.5, 0.6) is 5.75 Å². The van der Waals surface area contributed by atoms with E-state index in [0.717, 1.165) is 17.7 Å². The zero-order valence-corrected chi connectivity index (χ0v) is 16.6. The van der Waals surface area contributed by atoms with E-state index in [1.807, 2.05) is 49.3 Å². The van der Waals surface area contributed by atoms with Crippen LogP contribution in [0.4, 0.5) is 0 Å². The molecule has 0 N–H and O–H groups in total. The summed E-state index contributed by atoms with van der Waals surface area (Å²) in [6.45, 7) is 3.49. The standard InChI is InChI=1S/C22H28N2O3/c1-17(25)19-10-11-21(27-4)20(14-19)15-22(26)24(13-12-23(2)3)16-18-8-6-5-7-9-18/h5-11,14H,12-13,15-16H2,1-4H3. The molecule has 0 aliphatic heterocycles. The van der Waals surface area contributed by atoms with Crippen LogP contribution in [0.2, 0.25) is 0 Å². The molecular weight excluding hydrogens is 340 g/mol. The summed E-state index contributed by atoms with van der Waals surface area (Å²) in [5.41, 5.74) is 2.41. The summed E-state index contributed by atoms with van der Waals surface area (Å²) >= 11 is 0. The molecule has 0 aliphatic rings. The summed E-state index contributed by atoms with van der Waals surface area (Å²) in [5.74, 6) is 0.612. The molecule has 144 valence electrons. The number of nitrogens with zero attached hydrogens (tertiary/aromatic N) is 2. The fourth-order valence-electron chi connectivity index (χ4n) is 2.83. The predicted octanol–water partition coefficient (Wildman–Crippen LogP) is 3.03. The summed E-state index contributed by atoms with van der Waals surface area (Å²) in [5, 5.41) is 0. The average molecular weight is 368 g/mol. The van der Waals surface area contributed by atoms with Gasteiger partial charge in [-0.15, -0.1) is 0 Å². The minimum atomic E-state index is -0.0277. The van der Waals surface area contributed by atoms with Gasteiger partial charge in [-0.25, -0.2) is 0 Å². The van der Waals surface area contributed by atoms with Crippen LogP contribution in [0.1, 0.15) is 28.4 Å². The Kier molecular flexibility index (Phi) is 7.55. The number of Topliss-reactive ketones (excluding diaryl/α,β-unsaturated/α-hetero) is 1. The Morgan fingerprint density at radius 2 is 1.70 bits per heavy atom. The Morgan fingerprint density at radius 3 is 2.30 bits per heavy atom. The van der Waals surface area contributed by atoms with Crippen LogP contribution in [0.3, 0.4) is 0 Å². The summed E-state index contributed by atoms with van der Waals surface area (Å²) in [6, 6.07) is 15.2. The van der Waals surface area contributed by atoms with Gasteiger partial charge in [0.05, 0.1) is 13.5 Å². The molecule has 0 bridgehead atoms. The molecule has 0 saturated carbocycles. The van der Waals surface area contributed by atoms with E-state index < -0.39 is 0 Å². The van der Waals surface area contributed by atoms with Gasteiger partial charge >= 0.3 is 0 Å². The summed E-state index contributed by atoms with van der Waals surface area (Å²) in [6.07, 6.45) is 0.199. The number of likely N-dealkylation sites (N-methyl/N-ethyl adjacent to an activating group) is 1. The van der Waals surface area contributed by atoms with Gasteiger partial charge in [0.2, 0.25) is 5.91 Å². The fourth-order valence-corrected chi connectivity index (χ4v) is 2.83. The van der Waals surface area contributed by atoms with Gasteiger partial charge in [-0.1, -0.05) is 30.3 Å². The molecule has 0 saturated heterocycles. The van der Waals surface area contributed by atoms with Gasteiger partial charge in [-0.3, -0.25) is 9.59 Å². The lowest BCUT2D eigenvalue weighted by Gasteiger charge is -2.25. The van der Waals surface area contributed by atoms with E-state index >= 15 is 0 Å². The maximum Gasteiger partial charge on any atom is 0.227 e. The first kappa shape index (κ1) is 20.6. The van der Waals surface area contributed by atoms with E-state index in [9.17, 15) is 9.59 Å². The van der Waals surface area contributed by atoms with Gasteiger partial charge in [0.25, 0.3) is 0 Å². The van der Waals surface area contributed by atoms with Crippen LogP contribution in [0, 0.1) is 0 Å². The quantitative estimate of drug-likeness (QED) is 0.639. The van der Waals surface area contributed by atoms with Crippen molar-refractivity contribution in [3.8, 4) is 5.75 Å². The molecular formula is C22H28N2O3. The molecule has 0 atom stereocenters. The van der Waals surface area contributed by atoms with Crippen LogP contribution >= 0.6 is 0 Å². The summed E-state index contributed by atoms with van der Waals surface area (Å²) in [7, 11) is 5.56. The Morgan fingerprint density at radius 1 is 1.00 bits per heavy atom. The molecule has 27 heavy (non-hydrogen) atoms. The van der Waals surface area contributed by atoms with Crippen LogP contribution in [0.15, 0.2) is 48.5 Å². The van der Waals surface area contributed by atoms with E-state index in [1.54, 1.807) is 25.3 Å².